The van der Waals surface area contributed by atoms with Gasteiger partial charge in [0.2, 0.25) is 6.79 Å². The first-order valence-corrected chi connectivity index (χ1v) is 13.6. The third-order valence-electron chi connectivity index (χ3n) is 9.27. The van der Waals surface area contributed by atoms with Gasteiger partial charge < -0.3 is 18.9 Å². The highest BCUT2D eigenvalue weighted by molar-refractivity contribution is 5.66. The number of piperazine rings is 1. The number of ether oxygens (including phenoxy) is 4. The fourth-order valence-electron chi connectivity index (χ4n) is 7.91. The summed E-state index contributed by atoms with van der Waals surface area (Å²) in [6.07, 6.45) is 4.24. The van der Waals surface area contributed by atoms with Crippen LogP contribution >= 0.6 is 0 Å². The Hall–Kier alpha value is -3.21. The summed E-state index contributed by atoms with van der Waals surface area (Å²) in [6.45, 7) is 13.1. The minimum atomic E-state index is -0.243. The molecule has 2 aromatic carbocycles. The molecule has 38 heavy (non-hydrogen) atoms. The summed E-state index contributed by atoms with van der Waals surface area (Å²) < 4.78 is 24.3. The molecule has 6 rings (SSSR count). The number of fused-ring (bicyclic) bond motifs is 9. The van der Waals surface area contributed by atoms with Gasteiger partial charge in [0.05, 0.1) is 19.2 Å². The van der Waals surface area contributed by atoms with Crippen molar-refractivity contribution in [1.82, 2.24) is 9.80 Å². The fourth-order valence-corrected chi connectivity index (χ4v) is 7.91. The Morgan fingerprint density at radius 3 is 2.55 bits per heavy atom. The van der Waals surface area contributed by atoms with Crippen molar-refractivity contribution in [2.45, 2.75) is 77.2 Å². The van der Waals surface area contributed by atoms with Gasteiger partial charge in [0.25, 0.3) is 0 Å². The van der Waals surface area contributed by atoms with E-state index in [0.717, 1.165) is 59.0 Å². The van der Waals surface area contributed by atoms with E-state index in [4.69, 9.17) is 18.9 Å². The van der Waals surface area contributed by atoms with Crippen LogP contribution in [0.15, 0.2) is 18.7 Å². The molecule has 1 unspecified atom stereocenters. The molecule has 4 aliphatic heterocycles. The molecule has 2 bridgehead atoms. The fraction of sp³-hybridized carbons (Fsp3) is 0.516. The molecule has 1 fully saturated rings. The molecule has 0 aromatic heterocycles. The lowest BCUT2D eigenvalue weighted by atomic mass is 9.70. The molecule has 4 heterocycles. The Kier molecular flexibility index (Phi) is 6.08. The van der Waals surface area contributed by atoms with Crippen LogP contribution in [-0.2, 0) is 12.8 Å². The molecule has 0 N–H and O–H groups in total. The third kappa shape index (κ3) is 3.26. The number of benzene rings is 2. The van der Waals surface area contributed by atoms with E-state index >= 15 is 0 Å². The van der Waals surface area contributed by atoms with Gasteiger partial charge in [-0.2, -0.15) is 5.26 Å². The predicted octanol–water partition coefficient (Wildman–Crippen LogP) is 5.10. The first-order chi connectivity index (χ1) is 18.4. The number of methoxy groups -OCH3 is 1. The first-order valence-electron chi connectivity index (χ1n) is 13.6. The first kappa shape index (κ1) is 25.1. The molecule has 7 nitrogen and oxygen atoms in total. The van der Waals surface area contributed by atoms with Crippen LogP contribution < -0.4 is 18.9 Å². The normalized spacial score (nSPS) is 27.1. The summed E-state index contributed by atoms with van der Waals surface area (Å²) in [5.41, 5.74) is 8.33. The van der Waals surface area contributed by atoms with E-state index in [2.05, 4.69) is 56.3 Å². The maximum absolute atomic E-state index is 10.6. The van der Waals surface area contributed by atoms with Gasteiger partial charge in [-0.3, -0.25) is 9.80 Å². The molecule has 200 valence electrons. The number of hydrogen-bond acceptors (Lipinski definition) is 7. The largest absolute Gasteiger partial charge is 0.496 e. The van der Waals surface area contributed by atoms with Gasteiger partial charge in [0.15, 0.2) is 11.5 Å². The summed E-state index contributed by atoms with van der Waals surface area (Å²) in [7, 11) is 3.96. The maximum atomic E-state index is 10.6. The average molecular weight is 516 g/mol. The molecule has 1 saturated heterocycles. The van der Waals surface area contributed by atoms with Crippen LogP contribution in [0.3, 0.4) is 0 Å². The van der Waals surface area contributed by atoms with Crippen molar-refractivity contribution in [3.63, 3.8) is 0 Å². The zero-order valence-electron chi connectivity index (χ0n) is 23.3. The lowest BCUT2D eigenvalue weighted by molar-refractivity contribution is -0.0732. The number of hydrogen-bond donors (Lipinski definition) is 0. The second-order valence-corrected chi connectivity index (χ2v) is 11.0. The van der Waals surface area contributed by atoms with Gasteiger partial charge in [-0.25, -0.2) is 0 Å². The molecule has 0 amide bonds. The Balaban J connectivity index is 1.60. The highest BCUT2D eigenvalue weighted by atomic mass is 16.7. The predicted molar refractivity (Wildman–Crippen MR) is 145 cm³/mol. The van der Waals surface area contributed by atoms with Gasteiger partial charge in [-0.05, 0) is 69.3 Å². The van der Waals surface area contributed by atoms with Crippen molar-refractivity contribution in [2.24, 2.45) is 0 Å². The van der Waals surface area contributed by atoms with Crippen molar-refractivity contribution >= 4 is 0 Å². The molecule has 0 saturated carbocycles. The van der Waals surface area contributed by atoms with Crippen LogP contribution in [0.1, 0.15) is 64.4 Å². The van der Waals surface area contributed by atoms with Crippen molar-refractivity contribution in [3.05, 3.63) is 57.7 Å². The number of likely N-dealkylation sites (N-methyl/N-ethyl adjacent to an activating group) is 1. The van der Waals surface area contributed by atoms with Gasteiger partial charge in [-0.15, -0.1) is 0 Å². The highest BCUT2D eigenvalue weighted by Gasteiger charge is 2.56. The van der Waals surface area contributed by atoms with Gasteiger partial charge in [0, 0.05) is 34.8 Å². The number of nitriles is 1. The average Bonchev–Trinajstić information content (AvgIpc) is 3.39. The van der Waals surface area contributed by atoms with E-state index in [1.165, 1.54) is 22.3 Å². The zero-order chi connectivity index (χ0) is 26.9. The molecule has 5 atom stereocenters. The molecule has 0 aliphatic carbocycles. The Bertz CT molecular complexity index is 1360. The topological polar surface area (TPSA) is 67.2 Å². The van der Waals surface area contributed by atoms with Crippen LogP contribution in [0.5, 0.6) is 23.0 Å². The van der Waals surface area contributed by atoms with E-state index in [1.807, 2.05) is 6.92 Å². The van der Waals surface area contributed by atoms with Crippen molar-refractivity contribution in [3.8, 4) is 29.1 Å². The summed E-state index contributed by atoms with van der Waals surface area (Å²) >= 11 is 0. The molecular formula is C31H37N3O4. The minimum Gasteiger partial charge on any atom is -0.496 e. The van der Waals surface area contributed by atoms with Gasteiger partial charge in [0.1, 0.15) is 24.1 Å². The lowest BCUT2D eigenvalue weighted by Gasteiger charge is -2.60. The van der Waals surface area contributed by atoms with Crippen molar-refractivity contribution < 1.29 is 18.9 Å². The standard InChI is InChI=1S/C31H37N3O4/c1-8-10-36-29-18(5)30-31(38-15-37-30)26-20(29)13-23-27-25-17(4)28(35-7)16(3)11-19(25)12-22(33(27)6)24(14-32)34(23)21(26)9-2/h8,11,21-24,27H,1,9-10,12-13,15H2,2-7H3/t21-,22-,23-,24-,27?/m0/s1. The lowest BCUT2D eigenvalue weighted by Crippen LogP contribution is -2.68. The van der Waals surface area contributed by atoms with Crippen LogP contribution in [0.2, 0.25) is 0 Å². The highest BCUT2D eigenvalue weighted by Crippen LogP contribution is 2.58. The third-order valence-corrected chi connectivity index (χ3v) is 9.27. The summed E-state index contributed by atoms with van der Waals surface area (Å²) in [6, 6.07) is 5.12. The number of aryl methyl sites for hydroxylation is 1. The molecule has 2 aromatic rings. The van der Waals surface area contributed by atoms with Crippen LogP contribution in [0.4, 0.5) is 0 Å². The Morgan fingerprint density at radius 2 is 1.87 bits per heavy atom. The summed E-state index contributed by atoms with van der Waals surface area (Å²) in [5, 5.41) is 10.6. The van der Waals surface area contributed by atoms with Gasteiger partial charge in [-0.1, -0.05) is 25.6 Å². The van der Waals surface area contributed by atoms with E-state index in [0.29, 0.717) is 6.61 Å². The molecular weight excluding hydrogens is 478 g/mol. The monoisotopic (exact) mass is 515 g/mol. The number of nitrogens with zero attached hydrogens (tertiary/aromatic N) is 3. The quantitative estimate of drug-likeness (QED) is 0.514. The number of rotatable bonds is 5. The van der Waals surface area contributed by atoms with E-state index in [1.54, 1.807) is 13.2 Å². The molecule has 4 aliphatic rings. The summed E-state index contributed by atoms with van der Waals surface area (Å²) in [4.78, 5) is 4.96. The molecule has 0 radical (unpaired) electrons. The van der Waals surface area contributed by atoms with E-state index in [9.17, 15) is 5.26 Å². The second-order valence-electron chi connectivity index (χ2n) is 11.0. The second kappa shape index (κ2) is 9.21. The summed E-state index contributed by atoms with van der Waals surface area (Å²) in [5.74, 6) is 3.42. The minimum absolute atomic E-state index is 0.0171. The van der Waals surface area contributed by atoms with E-state index < -0.39 is 0 Å². The van der Waals surface area contributed by atoms with E-state index in [-0.39, 0.29) is 37.0 Å². The smallest absolute Gasteiger partial charge is 0.231 e. The molecule has 7 heteroatoms. The Morgan fingerprint density at radius 1 is 1.11 bits per heavy atom. The maximum Gasteiger partial charge on any atom is 0.231 e. The van der Waals surface area contributed by atoms with Gasteiger partial charge >= 0.3 is 0 Å². The van der Waals surface area contributed by atoms with Crippen molar-refractivity contribution in [1.29, 1.82) is 5.26 Å². The van der Waals surface area contributed by atoms with Crippen LogP contribution in [-0.4, -0.2) is 55.5 Å². The van der Waals surface area contributed by atoms with Crippen LogP contribution in [0.25, 0.3) is 0 Å². The zero-order valence-corrected chi connectivity index (χ0v) is 23.3. The molecule has 0 spiro atoms. The SMILES string of the molecule is C=CCOc1c(C)c2c(c3c1C[C@H]1C4c5c(cc(C)c(OC)c5C)C[C@@H]([C@H](C#N)N1[C@H]3CC)N4C)OCO2. The van der Waals surface area contributed by atoms with Crippen molar-refractivity contribution in [2.75, 3.05) is 27.6 Å². The Labute approximate surface area is 225 Å². The van der Waals surface area contributed by atoms with Crippen LogP contribution in [0, 0.1) is 32.1 Å².